The Kier molecular flexibility index (Phi) is 4.44. The van der Waals surface area contributed by atoms with Gasteiger partial charge in [0.15, 0.2) is 12.1 Å². The van der Waals surface area contributed by atoms with Gasteiger partial charge in [0, 0.05) is 10.2 Å². The number of carbonyl (C=O) groups is 3. The van der Waals surface area contributed by atoms with Crippen LogP contribution in [0.25, 0.3) is 0 Å². The summed E-state index contributed by atoms with van der Waals surface area (Å²) < 4.78 is 0.749. The third-order valence-corrected chi connectivity index (χ3v) is 4.78. The van der Waals surface area contributed by atoms with Crippen molar-refractivity contribution in [3.05, 3.63) is 59.1 Å². The van der Waals surface area contributed by atoms with E-state index in [0.29, 0.717) is 11.4 Å². The van der Waals surface area contributed by atoms with Gasteiger partial charge in [0.05, 0.1) is 5.69 Å². The van der Waals surface area contributed by atoms with Gasteiger partial charge in [-0.1, -0.05) is 45.4 Å². The topological polar surface area (TPSA) is 94.4 Å². The number of hydrogen-bond acceptors (Lipinski definition) is 6. The van der Waals surface area contributed by atoms with E-state index in [-0.39, 0.29) is 12.5 Å². The molecule has 2 aromatic rings. The van der Waals surface area contributed by atoms with Crippen LogP contribution in [0.1, 0.15) is 0 Å². The number of amides is 3. The van der Waals surface area contributed by atoms with Crippen molar-refractivity contribution in [2.75, 3.05) is 16.8 Å². The van der Waals surface area contributed by atoms with Crippen molar-refractivity contribution in [1.29, 1.82) is 0 Å². The van der Waals surface area contributed by atoms with Gasteiger partial charge in [0.25, 0.3) is 11.8 Å². The molecule has 0 aromatic heterocycles. The Morgan fingerprint density at radius 1 is 1.07 bits per heavy atom. The SMILES string of the molecule is O=C(CN1N=N[C@H]2C(=O)N(c3cccc(Br)c3)C(=O)[C@H]21)Nc1ccccc1. The first-order chi connectivity index (χ1) is 13.0. The van der Waals surface area contributed by atoms with E-state index in [1.165, 1.54) is 5.01 Å². The number of benzene rings is 2. The maximum absolute atomic E-state index is 12.9. The Morgan fingerprint density at radius 3 is 2.59 bits per heavy atom. The van der Waals surface area contributed by atoms with Crippen LogP contribution in [-0.4, -0.2) is 41.4 Å². The molecule has 0 unspecified atom stereocenters. The number of hydrogen-bond donors (Lipinski definition) is 1. The Balaban J connectivity index is 1.50. The minimum atomic E-state index is -0.930. The third-order valence-electron chi connectivity index (χ3n) is 4.29. The highest BCUT2D eigenvalue weighted by Crippen LogP contribution is 2.32. The highest BCUT2D eigenvalue weighted by molar-refractivity contribution is 9.10. The fourth-order valence-electron chi connectivity index (χ4n) is 3.09. The summed E-state index contributed by atoms with van der Waals surface area (Å²) in [5.74, 6) is -1.24. The van der Waals surface area contributed by atoms with Crippen molar-refractivity contribution in [1.82, 2.24) is 5.01 Å². The number of para-hydroxylation sites is 1. The molecular formula is C18H14BrN5O3. The van der Waals surface area contributed by atoms with Crippen molar-refractivity contribution in [2.45, 2.75) is 12.1 Å². The molecule has 1 N–H and O–H groups in total. The average molecular weight is 428 g/mol. The first-order valence-corrected chi connectivity index (χ1v) is 8.99. The predicted molar refractivity (Wildman–Crippen MR) is 101 cm³/mol. The Hall–Kier alpha value is -3.07. The van der Waals surface area contributed by atoms with E-state index in [4.69, 9.17) is 0 Å². The number of nitrogens with zero attached hydrogens (tertiary/aromatic N) is 4. The molecule has 2 aromatic carbocycles. The normalized spacial score (nSPS) is 20.9. The zero-order valence-corrected chi connectivity index (χ0v) is 15.5. The lowest BCUT2D eigenvalue weighted by Gasteiger charge is -2.20. The summed E-state index contributed by atoms with van der Waals surface area (Å²) in [7, 11) is 0. The lowest BCUT2D eigenvalue weighted by Crippen LogP contribution is -2.43. The van der Waals surface area contributed by atoms with E-state index in [0.717, 1.165) is 9.37 Å². The zero-order valence-electron chi connectivity index (χ0n) is 13.9. The molecule has 4 rings (SSSR count). The molecule has 0 radical (unpaired) electrons. The van der Waals surface area contributed by atoms with Gasteiger partial charge in [-0.2, -0.15) is 5.11 Å². The summed E-state index contributed by atoms with van der Waals surface area (Å²) in [5, 5.41) is 11.8. The first-order valence-electron chi connectivity index (χ1n) is 8.20. The van der Waals surface area contributed by atoms with Crippen molar-refractivity contribution < 1.29 is 14.4 Å². The van der Waals surface area contributed by atoms with E-state index < -0.39 is 23.9 Å². The molecule has 136 valence electrons. The molecule has 9 heteroatoms. The summed E-state index contributed by atoms with van der Waals surface area (Å²) in [4.78, 5) is 38.9. The van der Waals surface area contributed by atoms with Gasteiger partial charge < -0.3 is 5.32 Å². The van der Waals surface area contributed by atoms with Crippen LogP contribution in [0.4, 0.5) is 11.4 Å². The van der Waals surface area contributed by atoms with Crippen molar-refractivity contribution in [3.63, 3.8) is 0 Å². The standard InChI is InChI=1S/C18H14BrN5O3/c19-11-5-4-8-13(9-11)24-17(26)15-16(18(24)27)23(22-21-15)10-14(25)20-12-6-2-1-3-7-12/h1-9,15-16H,10H2,(H,20,25)/t15-,16+/m1/s1. The highest BCUT2D eigenvalue weighted by Gasteiger charge is 2.55. The number of rotatable bonds is 4. The molecule has 1 fully saturated rings. The minimum Gasteiger partial charge on any atom is -0.324 e. The fraction of sp³-hybridized carbons (Fsp3) is 0.167. The average Bonchev–Trinajstić information content (AvgIpc) is 3.16. The maximum Gasteiger partial charge on any atom is 0.263 e. The number of nitrogens with one attached hydrogen (secondary N) is 1. The van der Waals surface area contributed by atoms with E-state index in [1.54, 1.807) is 48.5 Å². The number of imide groups is 1. The summed E-state index contributed by atoms with van der Waals surface area (Å²) in [6.45, 7) is -0.176. The fourth-order valence-corrected chi connectivity index (χ4v) is 3.48. The molecule has 0 bridgehead atoms. The minimum absolute atomic E-state index is 0.176. The molecule has 0 saturated carbocycles. The number of carbonyl (C=O) groups excluding carboxylic acids is 3. The molecule has 1 saturated heterocycles. The summed E-state index contributed by atoms with van der Waals surface area (Å²) >= 11 is 3.33. The second kappa shape index (κ2) is 6.92. The van der Waals surface area contributed by atoms with Gasteiger partial charge in [-0.15, -0.1) is 0 Å². The summed E-state index contributed by atoms with van der Waals surface area (Å²) in [6, 6.07) is 14.0. The Labute approximate surface area is 163 Å². The molecule has 2 aliphatic heterocycles. The van der Waals surface area contributed by atoms with E-state index in [2.05, 4.69) is 31.6 Å². The van der Waals surface area contributed by atoms with E-state index in [9.17, 15) is 14.4 Å². The zero-order chi connectivity index (χ0) is 19.0. The summed E-state index contributed by atoms with van der Waals surface area (Å²) in [5.41, 5.74) is 1.09. The van der Waals surface area contributed by atoms with E-state index >= 15 is 0 Å². The van der Waals surface area contributed by atoms with Crippen LogP contribution in [0.3, 0.4) is 0 Å². The first kappa shape index (κ1) is 17.3. The molecule has 3 amide bonds. The molecule has 8 nitrogen and oxygen atoms in total. The second-order valence-corrected chi connectivity index (χ2v) is 7.01. The number of fused-ring (bicyclic) bond motifs is 1. The molecule has 0 aliphatic carbocycles. The molecule has 2 heterocycles. The monoisotopic (exact) mass is 427 g/mol. The van der Waals surface area contributed by atoms with Gasteiger partial charge in [-0.3, -0.25) is 19.4 Å². The van der Waals surface area contributed by atoms with Crippen LogP contribution in [-0.2, 0) is 14.4 Å². The van der Waals surface area contributed by atoms with Crippen molar-refractivity contribution in [2.24, 2.45) is 10.3 Å². The van der Waals surface area contributed by atoms with Crippen LogP contribution in [0.2, 0.25) is 0 Å². The Morgan fingerprint density at radius 2 is 1.85 bits per heavy atom. The van der Waals surface area contributed by atoms with Gasteiger partial charge in [-0.25, -0.2) is 4.90 Å². The van der Waals surface area contributed by atoms with Gasteiger partial charge in [0.2, 0.25) is 5.91 Å². The van der Waals surface area contributed by atoms with Crippen LogP contribution >= 0.6 is 15.9 Å². The maximum atomic E-state index is 12.9. The third kappa shape index (κ3) is 3.21. The Bertz CT molecular complexity index is 949. The number of halogens is 1. The van der Waals surface area contributed by atoms with Crippen LogP contribution in [0.5, 0.6) is 0 Å². The smallest absolute Gasteiger partial charge is 0.263 e. The molecule has 0 spiro atoms. The van der Waals surface area contributed by atoms with Crippen molar-refractivity contribution >= 4 is 45.0 Å². The van der Waals surface area contributed by atoms with Crippen LogP contribution in [0, 0.1) is 0 Å². The van der Waals surface area contributed by atoms with Crippen LogP contribution in [0.15, 0.2) is 69.4 Å². The molecule has 27 heavy (non-hydrogen) atoms. The van der Waals surface area contributed by atoms with Gasteiger partial charge in [-0.05, 0) is 30.3 Å². The molecule has 2 atom stereocenters. The second-order valence-electron chi connectivity index (χ2n) is 6.10. The van der Waals surface area contributed by atoms with Crippen molar-refractivity contribution in [3.8, 4) is 0 Å². The lowest BCUT2D eigenvalue weighted by molar-refractivity contribution is -0.123. The number of anilines is 2. The van der Waals surface area contributed by atoms with Gasteiger partial charge >= 0.3 is 0 Å². The van der Waals surface area contributed by atoms with Crippen LogP contribution < -0.4 is 10.2 Å². The predicted octanol–water partition coefficient (Wildman–Crippen LogP) is 2.38. The quantitative estimate of drug-likeness (QED) is 0.757. The summed E-state index contributed by atoms with van der Waals surface area (Å²) in [6.07, 6.45) is 0. The molecule has 2 aliphatic rings. The highest BCUT2D eigenvalue weighted by atomic mass is 79.9. The molecular weight excluding hydrogens is 414 g/mol. The van der Waals surface area contributed by atoms with Gasteiger partial charge in [0.1, 0.15) is 6.54 Å². The van der Waals surface area contributed by atoms with E-state index in [1.807, 2.05) is 6.07 Å². The lowest BCUT2D eigenvalue weighted by atomic mass is 10.1. The largest absolute Gasteiger partial charge is 0.324 e.